The highest BCUT2D eigenvalue weighted by atomic mass is 32.2. The van der Waals surface area contributed by atoms with Gasteiger partial charge in [-0.2, -0.15) is 5.10 Å². The highest BCUT2D eigenvalue weighted by Gasteiger charge is 2.26. The molecule has 0 amide bonds. The molecule has 2 atom stereocenters. The predicted molar refractivity (Wildman–Crippen MR) is 130 cm³/mol. The molecule has 0 saturated heterocycles. The molecular weight excluding hydrogens is 437 g/mol. The third-order valence-corrected chi connectivity index (χ3v) is 7.46. The molecule has 0 saturated carbocycles. The van der Waals surface area contributed by atoms with Gasteiger partial charge >= 0.3 is 0 Å². The Morgan fingerprint density at radius 3 is 2.61 bits per heavy atom. The Bertz CT molecular complexity index is 1220. The topological polar surface area (TPSA) is 64.0 Å². The largest absolute Gasteiger partial charge is 0.271 e. The van der Waals surface area contributed by atoms with Crippen molar-refractivity contribution >= 4 is 16.1 Å². The van der Waals surface area contributed by atoms with Crippen LogP contribution in [0.3, 0.4) is 0 Å². The van der Waals surface area contributed by atoms with Crippen LogP contribution in [0.5, 0.6) is 0 Å². The Morgan fingerprint density at radius 1 is 1.15 bits per heavy atom. The number of nitrogens with one attached hydrogen (secondary N) is 1. The summed E-state index contributed by atoms with van der Waals surface area (Å²) in [6.45, 7) is 1.83. The second kappa shape index (κ2) is 10.0. The SMILES string of the molecule is CC(NS(=O)(=O)/C=C/c1nn(C)c2c1CCCCC2Cc1ccc(F)cc1)c1ccccc1. The van der Waals surface area contributed by atoms with E-state index in [0.29, 0.717) is 5.69 Å². The van der Waals surface area contributed by atoms with E-state index in [0.717, 1.165) is 54.5 Å². The predicted octanol–water partition coefficient (Wildman–Crippen LogP) is 5.26. The molecule has 2 aromatic carbocycles. The zero-order chi connectivity index (χ0) is 23.4. The minimum atomic E-state index is -3.64. The van der Waals surface area contributed by atoms with Crippen LogP contribution in [0.25, 0.3) is 6.08 Å². The monoisotopic (exact) mass is 467 g/mol. The average Bonchev–Trinajstić information content (AvgIpc) is 2.96. The first kappa shape index (κ1) is 23.4. The second-order valence-corrected chi connectivity index (χ2v) is 10.3. The van der Waals surface area contributed by atoms with Crippen LogP contribution in [0, 0.1) is 5.82 Å². The number of fused-ring (bicyclic) bond motifs is 1. The fourth-order valence-corrected chi connectivity index (χ4v) is 5.70. The van der Waals surface area contributed by atoms with Gasteiger partial charge in [0.2, 0.25) is 10.0 Å². The van der Waals surface area contributed by atoms with E-state index in [9.17, 15) is 12.8 Å². The molecule has 1 aliphatic carbocycles. The number of nitrogens with zero attached hydrogens (tertiary/aromatic N) is 2. The Kier molecular flexibility index (Phi) is 7.10. The second-order valence-electron chi connectivity index (χ2n) is 8.74. The van der Waals surface area contributed by atoms with Crippen molar-refractivity contribution in [3.05, 3.63) is 93.9 Å². The van der Waals surface area contributed by atoms with Gasteiger partial charge in [0.15, 0.2) is 0 Å². The lowest BCUT2D eigenvalue weighted by Gasteiger charge is -2.17. The molecule has 1 N–H and O–H groups in total. The number of aromatic nitrogens is 2. The van der Waals surface area contributed by atoms with Crippen molar-refractivity contribution in [2.24, 2.45) is 7.05 Å². The van der Waals surface area contributed by atoms with E-state index in [2.05, 4.69) is 9.82 Å². The molecule has 4 rings (SSSR count). The van der Waals surface area contributed by atoms with Gasteiger partial charge in [0.05, 0.1) is 5.69 Å². The van der Waals surface area contributed by atoms with E-state index >= 15 is 0 Å². The molecule has 1 heterocycles. The fourth-order valence-electron chi connectivity index (χ4n) is 4.69. The first-order valence-electron chi connectivity index (χ1n) is 11.4. The molecule has 1 aliphatic rings. The molecule has 5 nitrogen and oxygen atoms in total. The summed E-state index contributed by atoms with van der Waals surface area (Å²) in [5, 5.41) is 5.88. The highest BCUT2D eigenvalue weighted by molar-refractivity contribution is 7.92. The summed E-state index contributed by atoms with van der Waals surface area (Å²) >= 11 is 0. The molecule has 0 aliphatic heterocycles. The summed E-state index contributed by atoms with van der Waals surface area (Å²) in [6.07, 6.45) is 6.45. The van der Waals surface area contributed by atoms with Crippen LogP contribution in [0.4, 0.5) is 4.39 Å². The van der Waals surface area contributed by atoms with Gasteiger partial charge in [0, 0.05) is 35.7 Å². The maximum atomic E-state index is 13.3. The number of rotatable bonds is 7. The van der Waals surface area contributed by atoms with Crippen molar-refractivity contribution in [3.63, 3.8) is 0 Å². The van der Waals surface area contributed by atoms with Crippen molar-refractivity contribution in [3.8, 4) is 0 Å². The van der Waals surface area contributed by atoms with Crippen molar-refractivity contribution in [1.82, 2.24) is 14.5 Å². The van der Waals surface area contributed by atoms with E-state index < -0.39 is 10.0 Å². The summed E-state index contributed by atoms with van der Waals surface area (Å²) < 4.78 is 43.3. The molecule has 174 valence electrons. The first-order valence-corrected chi connectivity index (χ1v) is 12.9. The van der Waals surface area contributed by atoms with Crippen molar-refractivity contribution < 1.29 is 12.8 Å². The van der Waals surface area contributed by atoms with Gasteiger partial charge in [-0.1, -0.05) is 48.9 Å². The van der Waals surface area contributed by atoms with Crippen LogP contribution in [-0.4, -0.2) is 18.2 Å². The minimum Gasteiger partial charge on any atom is -0.271 e. The summed E-state index contributed by atoms with van der Waals surface area (Å²) in [5.41, 5.74) is 4.97. The number of aryl methyl sites for hydroxylation is 1. The fraction of sp³-hybridized carbons (Fsp3) is 0.346. The van der Waals surface area contributed by atoms with Gasteiger partial charge in [0.25, 0.3) is 0 Å². The molecule has 1 aromatic heterocycles. The van der Waals surface area contributed by atoms with Gasteiger partial charge in [-0.3, -0.25) is 4.68 Å². The lowest BCUT2D eigenvalue weighted by Crippen LogP contribution is -2.24. The number of benzene rings is 2. The Balaban J connectivity index is 1.55. The zero-order valence-corrected chi connectivity index (χ0v) is 19.9. The first-order chi connectivity index (χ1) is 15.8. The quantitative estimate of drug-likeness (QED) is 0.482. The lowest BCUT2D eigenvalue weighted by molar-refractivity contribution is 0.547. The van der Waals surface area contributed by atoms with E-state index in [1.165, 1.54) is 17.5 Å². The molecule has 7 heteroatoms. The standard InChI is InChI=1S/C26H30FN3O2S/c1-19(21-8-4-3-5-9-21)29-33(31,32)17-16-25-24-11-7-6-10-22(26(24)30(2)28-25)18-20-12-14-23(27)15-13-20/h3-5,8-9,12-17,19,22,29H,6-7,10-11,18H2,1-2H3/b17-16+. The van der Waals surface area contributed by atoms with Gasteiger partial charge in [-0.25, -0.2) is 17.5 Å². The smallest absolute Gasteiger partial charge is 0.234 e. The maximum absolute atomic E-state index is 13.3. The van der Waals surface area contributed by atoms with Gasteiger partial charge in [-0.15, -0.1) is 0 Å². The van der Waals surface area contributed by atoms with Crippen LogP contribution in [0.2, 0.25) is 0 Å². The minimum absolute atomic E-state index is 0.232. The summed E-state index contributed by atoms with van der Waals surface area (Å²) in [7, 11) is -1.72. The summed E-state index contributed by atoms with van der Waals surface area (Å²) in [5.74, 6) is 0.0325. The number of hydrogen-bond acceptors (Lipinski definition) is 3. The third kappa shape index (κ3) is 5.78. The maximum Gasteiger partial charge on any atom is 0.234 e. The number of sulfonamides is 1. The summed E-state index contributed by atoms with van der Waals surface area (Å²) in [6, 6.07) is 15.8. The molecular formula is C26H30FN3O2S. The van der Waals surface area contributed by atoms with Gasteiger partial charge < -0.3 is 0 Å². The van der Waals surface area contributed by atoms with Crippen molar-refractivity contribution in [2.75, 3.05) is 0 Å². The van der Waals surface area contributed by atoms with Crippen LogP contribution in [0.15, 0.2) is 60.0 Å². The lowest BCUT2D eigenvalue weighted by atomic mass is 9.91. The number of halogens is 1. The number of hydrogen-bond donors (Lipinski definition) is 1. The molecule has 2 unspecified atom stereocenters. The molecule has 3 aromatic rings. The van der Waals surface area contributed by atoms with Crippen LogP contribution in [0.1, 0.15) is 66.2 Å². The van der Waals surface area contributed by atoms with Crippen LogP contribution in [-0.2, 0) is 29.9 Å². The Hall–Kier alpha value is -2.77. The van der Waals surface area contributed by atoms with E-state index in [1.807, 2.05) is 61.1 Å². The van der Waals surface area contributed by atoms with Crippen molar-refractivity contribution in [2.45, 2.75) is 51.0 Å². The third-order valence-electron chi connectivity index (χ3n) is 6.28. The van der Waals surface area contributed by atoms with Gasteiger partial charge in [-0.05, 0) is 61.9 Å². The van der Waals surface area contributed by atoms with Crippen LogP contribution >= 0.6 is 0 Å². The average molecular weight is 468 g/mol. The molecule has 0 radical (unpaired) electrons. The van der Waals surface area contributed by atoms with Crippen LogP contribution < -0.4 is 4.72 Å². The summed E-state index contributed by atoms with van der Waals surface area (Å²) in [4.78, 5) is 0. The molecule has 0 fully saturated rings. The Morgan fingerprint density at radius 2 is 1.88 bits per heavy atom. The zero-order valence-electron chi connectivity index (χ0n) is 19.0. The van der Waals surface area contributed by atoms with Crippen molar-refractivity contribution in [1.29, 1.82) is 0 Å². The van der Waals surface area contributed by atoms with Gasteiger partial charge in [0.1, 0.15) is 5.82 Å². The van der Waals surface area contributed by atoms with E-state index in [1.54, 1.807) is 6.08 Å². The molecule has 0 spiro atoms. The molecule has 33 heavy (non-hydrogen) atoms. The normalized spacial score (nSPS) is 17.6. The van der Waals surface area contributed by atoms with E-state index in [4.69, 9.17) is 0 Å². The van der Waals surface area contributed by atoms with E-state index in [-0.39, 0.29) is 17.8 Å². The highest BCUT2D eigenvalue weighted by Crippen LogP contribution is 2.35. The molecule has 0 bridgehead atoms. The Labute approximate surface area is 195 Å².